The maximum absolute atomic E-state index is 13.1. The van der Waals surface area contributed by atoms with Crippen LogP contribution in [-0.2, 0) is 14.3 Å². The zero-order valence-electron chi connectivity index (χ0n) is 15.0. The Hall–Kier alpha value is -2.18. The predicted molar refractivity (Wildman–Crippen MR) is 98.1 cm³/mol. The van der Waals surface area contributed by atoms with Crippen LogP contribution in [0.4, 0.5) is 0 Å². The van der Waals surface area contributed by atoms with E-state index in [0.717, 1.165) is 44.6 Å². The third-order valence-corrected chi connectivity index (χ3v) is 5.37. The van der Waals surface area contributed by atoms with Crippen LogP contribution in [0.25, 0.3) is 5.57 Å². The molecule has 1 aromatic carbocycles. The molecule has 138 valence electrons. The van der Waals surface area contributed by atoms with Crippen LogP contribution in [0.3, 0.4) is 0 Å². The van der Waals surface area contributed by atoms with Crippen molar-refractivity contribution >= 4 is 17.4 Å². The van der Waals surface area contributed by atoms with Crippen molar-refractivity contribution in [2.24, 2.45) is 0 Å². The van der Waals surface area contributed by atoms with Gasteiger partial charge in [-0.05, 0) is 18.4 Å². The molecule has 0 aromatic heterocycles. The van der Waals surface area contributed by atoms with Gasteiger partial charge in [0.05, 0.1) is 18.8 Å². The van der Waals surface area contributed by atoms with Crippen molar-refractivity contribution in [2.75, 3.05) is 52.5 Å². The number of imide groups is 1. The number of rotatable bonds is 5. The van der Waals surface area contributed by atoms with Gasteiger partial charge in [0, 0.05) is 39.3 Å². The molecule has 0 spiro atoms. The van der Waals surface area contributed by atoms with Gasteiger partial charge < -0.3 is 9.64 Å². The molecule has 2 fully saturated rings. The molecule has 0 aliphatic carbocycles. The third-order valence-electron chi connectivity index (χ3n) is 5.37. The number of amides is 2. The monoisotopic (exact) mass is 355 g/mol. The van der Waals surface area contributed by atoms with E-state index in [4.69, 9.17) is 4.74 Å². The van der Waals surface area contributed by atoms with E-state index in [9.17, 15) is 9.59 Å². The van der Waals surface area contributed by atoms with Gasteiger partial charge in [-0.1, -0.05) is 30.3 Å². The Kier molecular flexibility index (Phi) is 5.04. The summed E-state index contributed by atoms with van der Waals surface area (Å²) in [5.74, 6) is -0.291. The maximum atomic E-state index is 13.1. The number of ether oxygens (including phenoxy) is 1. The Bertz CT molecular complexity index is 704. The minimum atomic E-state index is -0.156. The fourth-order valence-electron chi connectivity index (χ4n) is 3.93. The summed E-state index contributed by atoms with van der Waals surface area (Å²) in [5, 5.41) is 0. The fraction of sp³-hybridized carbons (Fsp3) is 0.500. The first-order valence-electron chi connectivity index (χ1n) is 9.46. The van der Waals surface area contributed by atoms with Gasteiger partial charge in [0.2, 0.25) is 0 Å². The second-order valence-corrected chi connectivity index (χ2v) is 7.00. The van der Waals surface area contributed by atoms with E-state index in [0.29, 0.717) is 37.6 Å². The summed E-state index contributed by atoms with van der Waals surface area (Å²) in [4.78, 5) is 32.0. The van der Waals surface area contributed by atoms with Crippen LogP contribution in [-0.4, -0.2) is 79.0 Å². The number of hydrogen-bond acceptors (Lipinski definition) is 5. The molecule has 0 saturated carbocycles. The molecular formula is C20H25N3O3. The molecular weight excluding hydrogens is 330 g/mol. The molecule has 26 heavy (non-hydrogen) atoms. The Labute approximate surface area is 154 Å². The average Bonchev–Trinajstić information content (AvgIpc) is 3.28. The summed E-state index contributed by atoms with van der Waals surface area (Å²) in [6, 6.07) is 9.59. The van der Waals surface area contributed by atoms with E-state index in [-0.39, 0.29) is 11.8 Å². The molecule has 3 aliphatic rings. The quantitative estimate of drug-likeness (QED) is 0.743. The zero-order valence-corrected chi connectivity index (χ0v) is 15.0. The summed E-state index contributed by atoms with van der Waals surface area (Å²) in [5.41, 5.74) is 2.00. The lowest BCUT2D eigenvalue weighted by atomic mass is 10.0. The van der Waals surface area contributed by atoms with Crippen LogP contribution in [0.5, 0.6) is 0 Å². The summed E-state index contributed by atoms with van der Waals surface area (Å²) < 4.78 is 5.37. The topological polar surface area (TPSA) is 53.1 Å². The summed E-state index contributed by atoms with van der Waals surface area (Å²) >= 11 is 0. The first-order chi connectivity index (χ1) is 12.8. The highest BCUT2D eigenvalue weighted by atomic mass is 16.5. The van der Waals surface area contributed by atoms with Crippen molar-refractivity contribution < 1.29 is 14.3 Å². The molecule has 0 N–H and O–H groups in total. The van der Waals surface area contributed by atoms with E-state index < -0.39 is 0 Å². The Morgan fingerprint density at radius 1 is 0.846 bits per heavy atom. The highest BCUT2D eigenvalue weighted by Gasteiger charge is 2.41. The normalized spacial score (nSPS) is 22.0. The van der Waals surface area contributed by atoms with Gasteiger partial charge >= 0.3 is 0 Å². The summed E-state index contributed by atoms with van der Waals surface area (Å²) in [6.45, 7) is 5.98. The third kappa shape index (κ3) is 3.27. The molecule has 1 aromatic rings. The lowest BCUT2D eigenvalue weighted by Gasteiger charge is -2.28. The first kappa shape index (κ1) is 17.2. The Balaban J connectivity index is 1.58. The molecule has 6 nitrogen and oxygen atoms in total. The predicted octanol–water partition coefficient (Wildman–Crippen LogP) is 1.19. The first-order valence-corrected chi connectivity index (χ1v) is 9.46. The van der Waals surface area contributed by atoms with Gasteiger partial charge in [-0.3, -0.25) is 19.4 Å². The number of morpholine rings is 1. The summed E-state index contributed by atoms with van der Waals surface area (Å²) in [7, 11) is 0. The van der Waals surface area contributed by atoms with Crippen molar-refractivity contribution in [1.82, 2.24) is 14.7 Å². The summed E-state index contributed by atoms with van der Waals surface area (Å²) in [6.07, 6.45) is 2.14. The molecule has 0 unspecified atom stereocenters. The van der Waals surface area contributed by atoms with Crippen LogP contribution in [0, 0.1) is 0 Å². The largest absolute Gasteiger partial charge is 0.379 e. The highest BCUT2D eigenvalue weighted by molar-refractivity contribution is 6.35. The lowest BCUT2D eigenvalue weighted by molar-refractivity contribution is -0.137. The molecule has 0 atom stereocenters. The van der Waals surface area contributed by atoms with Crippen molar-refractivity contribution in [3.05, 3.63) is 41.6 Å². The van der Waals surface area contributed by atoms with E-state index >= 15 is 0 Å². The molecule has 3 aliphatic heterocycles. The molecule has 2 amide bonds. The lowest BCUT2D eigenvalue weighted by Crippen LogP contribution is -2.44. The van der Waals surface area contributed by atoms with E-state index in [1.165, 1.54) is 4.90 Å². The van der Waals surface area contributed by atoms with E-state index in [1.54, 1.807) is 0 Å². The number of carbonyl (C=O) groups excluding carboxylic acids is 2. The van der Waals surface area contributed by atoms with Crippen LogP contribution in [0.15, 0.2) is 36.0 Å². The number of carbonyl (C=O) groups is 2. The molecule has 4 rings (SSSR count). The van der Waals surface area contributed by atoms with Gasteiger partial charge in [-0.25, -0.2) is 0 Å². The maximum Gasteiger partial charge on any atom is 0.277 e. The number of likely N-dealkylation sites (tertiary alicyclic amines) is 1. The van der Waals surface area contributed by atoms with Crippen molar-refractivity contribution in [2.45, 2.75) is 12.8 Å². The van der Waals surface area contributed by atoms with Crippen LogP contribution < -0.4 is 0 Å². The standard InChI is InChI=1S/C20H25N3O3/c24-19-17(16-6-2-1-3-7-16)18(22-8-4-5-9-22)20(25)23(19)11-10-21-12-14-26-15-13-21/h1-3,6-7H,4-5,8-15H2. The molecule has 0 bridgehead atoms. The molecule has 3 heterocycles. The Morgan fingerprint density at radius 2 is 1.54 bits per heavy atom. The van der Waals surface area contributed by atoms with Crippen molar-refractivity contribution in [3.63, 3.8) is 0 Å². The van der Waals surface area contributed by atoms with Gasteiger partial charge in [-0.2, -0.15) is 0 Å². The SMILES string of the molecule is O=C1C(c2ccccc2)=C(N2CCCC2)C(=O)N1CCN1CCOCC1. The van der Waals surface area contributed by atoms with E-state index in [2.05, 4.69) is 9.80 Å². The fourth-order valence-corrected chi connectivity index (χ4v) is 3.93. The molecule has 2 saturated heterocycles. The Morgan fingerprint density at radius 3 is 2.23 bits per heavy atom. The average molecular weight is 355 g/mol. The van der Waals surface area contributed by atoms with Crippen LogP contribution in [0.2, 0.25) is 0 Å². The van der Waals surface area contributed by atoms with Gasteiger partial charge in [0.1, 0.15) is 5.70 Å². The second kappa shape index (κ2) is 7.60. The smallest absolute Gasteiger partial charge is 0.277 e. The number of benzene rings is 1. The van der Waals surface area contributed by atoms with Crippen LogP contribution in [0.1, 0.15) is 18.4 Å². The van der Waals surface area contributed by atoms with Gasteiger partial charge in [-0.15, -0.1) is 0 Å². The van der Waals surface area contributed by atoms with Gasteiger partial charge in [0.15, 0.2) is 0 Å². The van der Waals surface area contributed by atoms with Crippen molar-refractivity contribution in [1.29, 1.82) is 0 Å². The number of hydrogen-bond donors (Lipinski definition) is 0. The van der Waals surface area contributed by atoms with Gasteiger partial charge in [0.25, 0.3) is 11.8 Å². The minimum Gasteiger partial charge on any atom is -0.379 e. The highest BCUT2D eigenvalue weighted by Crippen LogP contribution is 2.33. The minimum absolute atomic E-state index is 0.135. The van der Waals surface area contributed by atoms with Crippen LogP contribution >= 0.6 is 0 Å². The number of nitrogens with zero attached hydrogens (tertiary/aromatic N) is 3. The van der Waals surface area contributed by atoms with Crippen molar-refractivity contribution in [3.8, 4) is 0 Å². The zero-order chi connectivity index (χ0) is 17.9. The molecule has 0 radical (unpaired) electrons. The second-order valence-electron chi connectivity index (χ2n) is 7.00. The van der Waals surface area contributed by atoms with E-state index in [1.807, 2.05) is 30.3 Å². The molecule has 6 heteroatoms.